The van der Waals surface area contributed by atoms with Gasteiger partial charge in [-0.1, -0.05) is 0 Å². The van der Waals surface area contributed by atoms with E-state index in [2.05, 4.69) is 4.98 Å². The van der Waals surface area contributed by atoms with Gasteiger partial charge in [0.05, 0.1) is 17.2 Å². The van der Waals surface area contributed by atoms with E-state index in [1.165, 1.54) is 18.3 Å². The summed E-state index contributed by atoms with van der Waals surface area (Å²) in [6, 6.07) is 2.59. The Morgan fingerprint density at radius 1 is 1.32 bits per heavy atom. The third-order valence-electron chi connectivity index (χ3n) is 2.00. The maximum absolute atomic E-state index is 11.6. The van der Waals surface area contributed by atoms with Crippen LogP contribution in [0.25, 0.3) is 0 Å². The summed E-state index contributed by atoms with van der Waals surface area (Å²) in [5, 5.41) is 8.83. The third-order valence-corrected chi connectivity index (χ3v) is 4.48. The van der Waals surface area contributed by atoms with E-state index < -0.39 is 43.0 Å². The Morgan fingerprint density at radius 2 is 1.95 bits per heavy atom. The van der Waals surface area contributed by atoms with Crippen LogP contribution in [0.3, 0.4) is 0 Å². The minimum atomic E-state index is -3.96. The van der Waals surface area contributed by atoms with Crippen molar-refractivity contribution in [3.63, 3.8) is 0 Å². The lowest BCUT2D eigenvalue weighted by molar-refractivity contribution is 0.0692. The van der Waals surface area contributed by atoms with Gasteiger partial charge in [-0.2, -0.15) is 0 Å². The van der Waals surface area contributed by atoms with Crippen molar-refractivity contribution < 1.29 is 26.7 Å². The Hall–Kier alpha value is -1.68. The highest BCUT2D eigenvalue weighted by Crippen LogP contribution is 2.14. The van der Waals surface area contributed by atoms with Gasteiger partial charge < -0.3 is 5.11 Å². The summed E-state index contributed by atoms with van der Waals surface area (Å²) in [4.78, 5) is 14.4. The summed E-state index contributed by atoms with van der Waals surface area (Å²) in [6.45, 7) is 0. The molecule has 1 heterocycles. The van der Waals surface area contributed by atoms with E-state index in [4.69, 9.17) is 5.11 Å². The number of pyridine rings is 1. The van der Waals surface area contributed by atoms with Gasteiger partial charge in [0, 0.05) is 12.5 Å². The normalized spacial score (nSPS) is 12.1. The maximum atomic E-state index is 11.6. The smallest absolute Gasteiger partial charge is 0.356 e. The molecule has 0 spiro atoms. The number of hydrogen-bond donors (Lipinski definition) is 2. The van der Waals surface area contributed by atoms with E-state index in [1.54, 1.807) is 0 Å². The minimum absolute atomic E-state index is 0.205. The number of nitrogens with zero attached hydrogens (tertiary/aromatic N) is 1. The van der Waals surface area contributed by atoms with Gasteiger partial charge in [0.15, 0.2) is 5.69 Å². The molecule has 1 aromatic rings. The van der Waals surface area contributed by atoms with Crippen LogP contribution in [0.2, 0.25) is 0 Å². The van der Waals surface area contributed by atoms with Crippen LogP contribution >= 0.6 is 0 Å². The number of aromatic nitrogens is 1. The second-order valence-corrected chi connectivity index (χ2v) is 7.86. The molecule has 2 N–H and O–H groups in total. The zero-order chi connectivity index (χ0) is 14.7. The van der Waals surface area contributed by atoms with Crippen molar-refractivity contribution in [2.75, 3.05) is 22.5 Å². The Labute approximate surface area is 110 Å². The highest BCUT2D eigenvalue weighted by Gasteiger charge is 2.18. The largest absolute Gasteiger partial charge is 0.476 e. The molecule has 10 heteroatoms. The second kappa shape index (κ2) is 5.53. The van der Waals surface area contributed by atoms with Crippen molar-refractivity contribution in [1.82, 2.24) is 4.98 Å². The third kappa shape index (κ3) is 5.22. The van der Waals surface area contributed by atoms with Gasteiger partial charge in [0.25, 0.3) is 0 Å². The van der Waals surface area contributed by atoms with Crippen LogP contribution in [-0.2, 0) is 19.9 Å². The van der Waals surface area contributed by atoms with Gasteiger partial charge in [-0.15, -0.1) is 0 Å². The summed E-state index contributed by atoms with van der Waals surface area (Å²) in [7, 11) is -7.38. The van der Waals surface area contributed by atoms with E-state index in [9.17, 15) is 21.6 Å². The fourth-order valence-corrected chi connectivity index (χ4v) is 3.83. The first-order valence-corrected chi connectivity index (χ1v) is 8.68. The van der Waals surface area contributed by atoms with Crippen LogP contribution < -0.4 is 4.72 Å². The maximum Gasteiger partial charge on any atom is 0.356 e. The van der Waals surface area contributed by atoms with Crippen molar-refractivity contribution in [1.29, 1.82) is 0 Å². The number of hydrogen-bond acceptors (Lipinski definition) is 6. The number of aromatic carboxylic acids is 1. The van der Waals surface area contributed by atoms with Crippen molar-refractivity contribution in [3.8, 4) is 0 Å². The molecule has 0 bridgehead atoms. The lowest BCUT2D eigenvalue weighted by atomic mass is 10.3. The molecule has 0 saturated heterocycles. The molecule has 0 aliphatic rings. The minimum Gasteiger partial charge on any atom is -0.476 e. The fraction of sp³-hybridized carbons (Fsp3) is 0.333. The summed E-state index contributed by atoms with van der Waals surface area (Å²) in [5.41, 5.74) is -0.658. The lowest BCUT2D eigenvalue weighted by Crippen LogP contribution is -2.23. The number of anilines is 1. The SMILES string of the molecule is CS(=O)(=O)CCS(=O)(=O)Nc1cccnc1C(=O)O. The second-order valence-electron chi connectivity index (χ2n) is 3.76. The molecule has 0 aliphatic heterocycles. The Morgan fingerprint density at radius 3 is 2.47 bits per heavy atom. The Balaban J connectivity index is 2.93. The van der Waals surface area contributed by atoms with Gasteiger partial charge >= 0.3 is 5.97 Å². The number of carboxylic acids is 1. The van der Waals surface area contributed by atoms with Crippen LogP contribution in [0.1, 0.15) is 10.5 Å². The van der Waals surface area contributed by atoms with Gasteiger partial charge in [-0.25, -0.2) is 26.6 Å². The van der Waals surface area contributed by atoms with Crippen LogP contribution in [0, 0.1) is 0 Å². The van der Waals surface area contributed by atoms with Gasteiger partial charge in [-0.3, -0.25) is 4.72 Å². The molecular weight excluding hydrogens is 296 g/mol. The molecule has 1 rings (SSSR count). The van der Waals surface area contributed by atoms with Crippen LogP contribution in [0.4, 0.5) is 5.69 Å². The molecule has 0 unspecified atom stereocenters. The zero-order valence-corrected chi connectivity index (χ0v) is 11.5. The highest BCUT2D eigenvalue weighted by atomic mass is 32.2. The predicted octanol–water partition coefficient (Wildman–Crippen LogP) is -0.434. The first kappa shape index (κ1) is 15.4. The number of sulfone groups is 1. The first-order chi connectivity index (χ1) is 8.61. The molecule has 0 aliphatic carbocycles. The monoisotopic (exact) mass is 308 g/mol. The van der Waals surface area contributed by atoms with E-state index >= 15 is 0 Å². The summed E-state index contributed by atoms with van der Waals surface area (Å²) in [6.07, 6.45) is 2.12. The molecule has 106 valence electrons. The van der Waals surface area contributed by atoms with Gasteiger partial charge in [0.2, 0.25) is 10.0 Å². The zero-order valence-electron chi connectivity index (χ0n) is 9.90. The number of sulfonamides is 1. The van der Waals surface area contributed by atoms with E-state index in [0.717, 1.165) is 6.26 Å². The standard InChI is InChI=1S/C9H12N2O6S2/c1-18(14,15)5-6-19(16,17)11-7-3-2-4-10-8(7)9(12)13/h2-4,11H,5-6H2,1H3,(H,12,13). The van der Waals surface area contributed by atoms with Crippen molar-refractivity contribution in [2.24, 2.45) is 0 Å². The number of rotatable bonds is 6. The highest BCUT2D eigenvalue weighted by molar-refractivity contribution is 7.95. The fourth-order valence-electron chi connectivity index (χ4n) is 1.14. The predicted molar refractivity (Wildman–Crippen MR) is 68.3 cm³/mol. The van der Waals surface area contributed by atoms with Crippen molar-refractivity contribution in [2.45, 2.75) is 0 Å². The van der Waals surface area contributed by atoms with Gasteiger partial charge in [-0.05, 0) is 12.1 Å². The average molecular weight is 308 g/mol. The summed E-state index contributed by atoms with van der Waals surface area (Å²) >= 11 is 0. The molecule has 8 nitrogen and oxygen atoms in total. The molecule has 1 aromatic heterocycles. The molecule has 0 amide bonds. The number of carbonyl (C=O) groups is 1. The number of carboxylic acid groups (broad SMARTS) is 1. The topological polar surface area (TPSA) is 130 Å². The molecule has 0 fully saturated rings. The molecule has 19 heavy (non-hydrogen) atoms. The molecule has 0 radical (unpaired) electrons. The van der Waals surface area contributed by atoms with Gasteiger partial charge in [0.1, 0.15) is 9.84 Å². The number of nitrogens with one attached hydrogen (secondary N) is 1. The lowest BCUT2D eigenvalue weighted by Gasteiger charge is -2.09. The Kier molecular flexibility index (Phi) is 4.48. The molecule has 0 aromatic carbocycles. The van der Waals surface area contributed by atoms with E-state index in [1.807, 2.05) is 4.72 Å². The average Bonchev–Trinajstić information content (AvgIpc) is 2.26. The van der Waals surface area contributed by atoms with Crippen molar-refractivity contribution >= 4 is 31.5 Å². The summed E-state index contributed by atoms with van der Waals surface area (Å²) < 4.78 is 47.1. The molecule has 0 saturated carbocycles. The quantitative estimate of drug-likeness (QED) is 0.728. The molecular formula is C9H12N2O6S2. The van der Waals surface area contributed by atoms with E-state index in [0.29, 0.717) is 0 Å². The van der Waals surface area contributed by atoms with Crippen molar-refractivity contribution in [3.05, 3.63) is 24.0 Å². The Bertz CT molecular complexity index is 680. The van der Waals surface area contributed by atoms with Crippen LogP contribution in [0.15, 0.2) is 18.3 Å². The molecule has 0 atom stereocenters. The van der Waals surface area contributed by atoms with Crippen LogP contribution in [-0.4, -0.2) is 50.7 Å². The van der Waals surface area contributed by atoms with Crippen LogP contribution in [0.5, 0.6) is 0 Å². The first-order valence-electron chi connectivity index (χ1n) is 4.97. The summed E-state index contributed by atoms with van der Waals surface area (Å²) in [5.74, 6) is -2.59. The van der Waals surface area contributed by atoms with E-state index in [-0.39, 0.29) is 5.69 Å².